The predicted octanol–water partition coefficient (Wildman–Crippen LogP) is 11.4. The van der Waals surface area contributed by atoms with Gasteiger partial charge in [0.05, 0.1) is 34.4 Å². The lowest BCUT2D eigenvalue weighted by atomic mass is 10.1. The number of allylic oxidation sites excluding steroid dienone is 4. The van der Waals surface area contributed by atoms with E-state index in [-0.39, 0.29) is 25.8 Å². The second-order valence-electron chi connectivity index (χ2n) is 15.4. The molecule has 0 aliphatic carbocycles. The van der Waals surface area contributed by atoms with E-state index in [0.29, 0.717) is 24.1 Å². The standard InChI is InChI=1S/C42H82NO7P/c1-6-8-10-12-14-16-18-19-20-21-22-23-24-25-27-29-31-33-35-42(44)50-41(40-49-51(45,46)48-38-36-43(3,4)5)39-47-37-34-32-30-28-26-17-15-13-11-9-7-2/h16,18,20-21,41H,6-15,17,19,22-40H2,1-5H3/b18-16-,21-20-. The van der Waals surface area contributed by atoms with Crippen LogP contribution >= 0.6 is 7.82 Å². The number of phosphoric acid groups is 1. The van der Waals surface area contributed by atoms with Crippen LogP contribution in [-0.2, 0) is 27.9 Å². The van der Waals surface area contributed by atoms with Gasteiger partial charge >= 0.3 is 5.97 Å². The summed E-state index contributed by atoms with van der Waals surface area (Å²) in [5.74, 6) is -0.341. The molecule has 0 aliphatic rings. The molecule has 0 aromatic heterocycles. The van der Waals surface area contributed by atoms with E-state index in [9.17, 15) is 14.3 Å². The number of phosphoric ester groups is 1. The Hall–Kier alpha value is -1.02. The molecule has 0 spiro atoms. The van der Waals surface area contributed by atoms with E-state index < -0.39 is 13.9 Å². The Morgan fingerprint density at radius 2 is 1.08 bits per heavy atom. The van der Waals surface area contributed by atoms with E-state index in [4.69, 9.17) is 18.5 Å². The van der Waals surface area contributed by atoms with Gasteiger partial charge in [0.2, 0.25) is 0 Å². The van der Waals surface area contributed by atoms with Crippen LogP contribution in [0.5, 0.6) is 0 Å². The number of esters is 1. The van der Waals surface area contributed by atoms with Gasteiger partial charge in [0.25, 0.3) is 7.82 Å². The van der Waals surface area contributed by atoms with Crippen molar-refractivity contribution in [2.45, 2.75) is 187 Å². The Balaban J connectivity index is 4.23. The Labute approximate surface area is 315 Å². The van der Waals surface area contributed by atoms with Gasteiger partial charge < -0.3 is 27.9 Å². The van der Waals surface area contributed by atoms with E-state index in [2.05, 4.69) is 38.2 Å². The summed E-state index contributed by atoms with van der Waals surface area (Å²) >= 11 is 0. The minimum absolute atomic E-state index is 0.0261. The predicted molar refractivity (Wildman–Crippen MR) is 213 cm³/mol. The summed E-state index contributed by atoms with van der Waals surface area (Å²) in [6, 6.07) is 0. The number of quaternary nitrogens is 1. The maximum absolute atomic E-state index is 12.6. The van der Waals surface area contributed by atoms with Crippen molar-refractivity contribution in [1.82, 2.24) is 0 Å². The van der Waals surface area contributed by atoms with Gasteiger partial charge in [-0.2, -0.15) is 0 Å². The van der Waals surface area contributed by atoms with Crippen molar-refractivity contribution in [2.75, 3.05) is 54.1 Å². The summed E-state index contributed by atoms with van der Waals surface area (Å²) in [5, 5.41) is 0. The van der Waals surface area contributed by atoms with Crippen LogP contribution in [0.2, 0.25) is 0 Å². The van der Waals surface area contributed by atoms with Gasteiger partial charge in [-0.05, 0) is 44.9 Å². The SMILES string of the molecule is CCCCCC/C=C\C/C=C\CCCCCCCCCC(=O)OC(COCCCCCCCCCCCCC)COP(=O)([O-])OCC[N+](C)(C)C. The second-order valence-corrected chi connectivity index (χ2v) is 16.8. The molecule has 0 radical (unpaired) electrons. The van der Waals surface area contributed by atoms with Crippen molar-refractivity contribution in [3.05, 3.63) is 24.3 Å². The van der Waals surface area contributed by atoms with Gasteiger partial charge in [-0.25, -0.2) is 0 Å². The molecule has 0 amide bonds. The topological polar surface area (TPSA) is 94.1 Å². The third kappa shape index (κ3) is 40.0. The van der Waals surface area contributed by atoms with Gasteiger partial charge in [-0.1, -0.05) is 154 Å². The molecule has 0 aliphatic heterocycles. The van der Waals surface area contributed by atoms with Gasteiger partial charge in [0.1, 0.15) is 19.3 Å². The fourth-order valence-electron chi connectivity index (χ4n) is 5.69. The molecule has 0 N–H and O–H groups in total. The number of rotatable bonds is 39. The van der Waals surface area contributed by atoms with Crippen LogP contribution in [0.4, 0.5) is 0 Å². The first-order valence-corrected chi connectivity index (χ1v) is 22.5. The zero-order valence-corrected chi connectivity index (χ0v) is 35.0. The minimum atomic E-state index is -4.52. The number of carbonyl (C=O) groups excluding carboxylic acids is 1. The highest BCUT2D eigenvalue weighted by molar-refractivity contribution is 7.45. The molecule has 8 nitrogen and oxygen atoms in total. The smallest absolute Gasteiger partial charge is 0.306 e. The number of carbonyl (C=O) groups is 1. The fourth-order valence-corrected chi connectivity index (χ4v) is 6.42. The van der Waals surface area contributed by atoms with Gasteiger partial charge in [-0.3, -0.25) is 9.36 Å². The summed E-state index contributed by atoms with van der Waals surface area (Å²) < 4.78 is 34.5. The highest BCUT2D eigenvalue weighted by Gasteiger charge is 2.20. The van der Waals surface area contributed by atoms with Crippen LogP contribution in [-0.4, -0.2) is 70.7 Å². The molecule has 302 valence electrons. The Morgan fingerprint density at radius 1 is 0.608 bits per heavy atom. The highest BCUT2D eigenvalue weighted by Crippen LogP contribution is 2.38. The fraction of sp³-hybridized carbons (Fsp3) is 0.881. The van der Waals surface area contributed by atoms with E-state index in [1.807, 2.05) is 21.1 Å². The van der Waals surface area contributed by atoms with Crippen LogP contribution in [0.1, 0.15) is 181 Å². The first-order chi connectivity index (χ1) is 24.6. The summed E-state index contributed by atoms with van der Waals surface area (Å²) in [4.78, 5) is 25.0. The monoisotopic (exact) mass is 744 g/mol. The zero-order valence-electron chi connectivity index (χ0n) is 34.1. The number of hydrogen-bond acceptors (Lipinski definition) is 7. The maximum Gasteiger partial charge on any atom is 0.306 e. The summed E-state index contributed by atoms with van der Waals surface area (Å²) in [6.07, 6.45) is 38.9. The number of hydrogen-bond donors (Lipinski definition) is 0. The van der Waals surface area contributed by atoms with Crippen LogP contribution in [0, 0.1) is 0 Å². The Bertz CT molecular complexity index is 874. The van der Waals surface area contributed by atoms with Gasteiger partial charge in [-0.15, -0.1) is 0 Å². The van der Waals surface area contributed by atoms with E-state index in [1.165, 1.54) is 116 Å². The quantitative estimate of drug-likeness (QED) is 0.0203. The van der Waals surface area contributed by atoms with E-state index >= 15 is 0 Å². The molecule has 2 atom stereocenters. The third-order valence-electron chi connectivity index (χ3n) is 9.01. The van der Waals surface area contributed by atoms with Crippen LogP contribution < -0.4 is 4.89 Å². The Morgan fingerprint density at radius 3 is 1.61 bits per heavy atom. The van der Waals surface area contributed by atoms with Crippen LogP contribution in [0.15, 0.2) is 24.3 Å². The first kappa shape index (κ1) is 50.0. The molecular weight excluding hydrogens is 661 g/mol. The molecule has 0 bridgehead atoms. The largest absolute Gasteiger partial charge is 0.756 e. The van der Waals surface area contributed by atoms with Crippen molar-refractivity contribution in [2.24, 2.45) is 0 Å². The molecular formula is C42H82NO7P. The molecule has 9 heteroatoms. The van der Waals surface area contributed by atoms with Crippen molar-refractivity contribution in [3.63, 3.8) is 0 Å². The lowest BCUT2D eigenvalue weighted by molar-refractivity contribution is -0.870. The average molecular weight is 744 g/mol. The van der Waals surface area contributed by atoms with Crippen molar-refractivity contribution in [1.29, 1.82) is 0 Å². The molecule has 0 rings (SSSR count). The Kier molecular flexibility index (Phi) is 35.3. The number of likely N-dealkylation sites (N-methyl/N-ethyl adjacent to an activating group) is 1. The molecule has 0 aromatic rings. The third-order valence-corrected chi connectivity index (χ3v) is 9.97. The van der Waals surface area contributed by atoms with Gasteiger partial charge in [0.15, 0.2) is 0 Å². The summed E-state index contributed by atoms with van der Waals surface area (Å²) in [7, 11) is 1.35. The van der Waals surface area contributed by atoms with E-state index in [0.717, 1.165) is 44.9 Å². The highest BCUT2D eigenvalue weighted by atomic mass is 31.2. The number of nitrogens with zero attached hydrogens (tertiary/aromatic N) is 1. The minimum Gasteiger partial charge on any atom is -0.756 e. The second kappa shape index (κ2) is 36.0. The van der Waals surface area contributed by atoms with Crippen molar-refractivity contribution in [3.8, 4) is 0 Å². The maximum atomic E-state index is 12.6. The lowest BCUT2D eigenvalue weighted by Gasteiger charge is -2.28. The molecule has 51 heavy (non-hydrogen) atoms. The molecule has 2 unspecified atom stereocenters. The van der Waals surface area contributed by atoms with Crippen LogP contribution in [0.25, 0.3) is 0 Å². The molecule has 0 heterocycles. The van der Waals surface area contributed by atoms with Gasteiger partial charge in [0, 0.05) is 13.0 Å². The molecule has 0 aromatic carbocycles. The van der Waals surface area contributed by atoms with E-state index in [1.54, 1.807) is 0 Å². The summed E-state index contributed by atoms with van der Waals surface area (Å²) in [6.45, 7) is 5.39. The number of ether oxygens (including phenoxy) is 2. The van der Waals surface area contributed by atoms with Crippen molar-refractivity contribution >= 4 is 13.8 Å². The first-order valence-electron chi connectivity index (χ1n) is 21.1. The normalized spacial score (nSPS) is 14.1. The summed E-state index contributed by atoms with van der Waals surface area (Å²) in [5.41, 5.74) is 0. The van der Waals surface area contributed by atoms with Crippen molar-refractivity contribution < 1.29 is 37.3 Å². The van der Waals surface area contributed by atoms with Crippen LogP contribution in [0.3, 0.4) is 0 Å². The molecule has 0 saturated heterocycles. The number of unbranched alkanes of at least 4 members (excludes halogenated alkanes) is 21. The average Bonchev–Trinajstić information content (AvgIpc) is 3.08. The zero-order chi connectivity index (χ0) is 37.7. The lowest BCUT2D eigenvalue weighted by Crippen LogP contribution is -2.37. The molecule has 0 saturated carbocycles. The molecule has 0 fully saturated rings.